The zero-order valence-electron chi connectivity index (χ0n) is 11.2. The van der Waals surface area contributed by atoms with Crippen LogP contribution in [-0.4, -0.2) is 25.0 Å². The molecule has 0 radical (unpaired) electrons. The van der Waals surface area contributed by atoms with Crippen LogP contribution < -0.4 is 5.73 Å². The maximum Gasteiger partial charge on any atom is 0.0601 e. The van der Waals surface area contributed by atoms with E-state index in [9.17, 15) is 0 Å². The minimum Gasteiger partial charge on any atom is -0.320 e. The Morgan fingerprint density at radius 1 is 1.35 bits per heavy atom. The summed E-state index contributed by atoms with van der Waals surface area (Å²) < 4.78 is 0. The van der Waals surface area contributed by atoms with Crippen molar-refractivity contribution in [3.8, 4) is 0 Å². The quantitative estimate of drug-likeness (QED) is 0.764. The molecule has 94 valence electrons. The topological polar surface area (TPSA) is 29.3 Å². The second-order valence-electron chi connectivity index (χ2n) is 4.79. The molecule has 0 aliphatic heterocycles. The lowest BCUT2D eigenvalue weighted by molar-refractivity contribution is 0.171. The molecular formula is C15H24N2. The van der Waals surface area contributed by atoms with Gasteiger partial charge < -0.3 is 10.6 Å². The standard InChI is InChI=1S/C15H24N2/c1-5-12-15(16,14(6-2)17(3)4)13-10-8-7-9-11-13/h5,7-11,14H,1,6,12,16H2,2-4H3. The predicted octanol–water partition coefficient (Wildman–Crippen LogP) is 2.76. The average Bonchev–Trinajstić information content (AvgIpc) is 2.31. The summed E-state index contributed by atoms with van der Waals surface area (Å²) in [6.07, 6.45) is 3.72. The molecule has 2 nitrogen and oxygen atoms in total. The van der Waals surface area contributed by atoms with Gasteiger partial charge >= 0.3 is 0 Å². The molecule has 2 unspecified atom stereocenters. The molecule has 0 aromatic heterocycles. The van der Waals surface area contributed by atoms with Gasteiger partial charge in [0.1, 0.15) is 0 Å². The van der Waals surface area contributed by atoms with Gasteiger partial charge in [-0.15, -0.1) is 6.58 Å². The summed E-state index contributed by atoms with van der Waals surface area (Å²) in [6, 6.07) is 10.6. The van der Waals surface area contributed by atoms with E-state index in [-0.39, 0.29) is 5.54 Å². The van der Waals surface area contributed by atoms with Crippen molar-refractivity contribution in [1.82, 2.24) is 4.90 Å². The lowest BCUT2D eigenvalue weighted by atomic mass is 9.79. The molecule has 0 aliphatic rings. The Labute approximate surface area is 105 Å². The predicted molar refractivity (Wildman–Crippen MR) is 74.9 cm³/mol. The van der Waals surface area contributed by atoms with E-state index < -0.39 is 0 Å². The molecule has 2 atom stereocenters. The Bertz CT molecular complexity index is 345. The van der Waals surface area contributed by atoms with Gasteiger partial charge in [-0.05, 0) is 32.5 Å². The SMILES string of the molecule is C=CCC(N)(c1ccccc1)C(CC)N(C)C. The highest BCUT2D eigenvalue weighted by atomic mass is 15.1. The fraction of sp³-hybridized carbons (Fsp3) is 0.467. The molecule has 0 heterocycles. The van der Waals surface area contributed by atoms with Gasteiger partial charge in [-0.1, -0.05) is 43.3 Å². The number of rotatable bonds is 6. The molecule has 0 fully saturated rings. The number of benzene rings is 1. The van der Waals surface area contributed by atoms with Crippen molar-refractivity contribution >= 4 is 0 Å². The Kier molecular flexibility index (Phi) is 4.91. The van der Waals surface area contributed by atoms with E-state index in [0.717, 1.165) is 12.8 Å². The summed E-state index contributed by atoms with van der Waals surface area (Å²) in [5.41, 5.74) is 7.49. The number of hydrogen-bond acceptors (Lipinski definition) is 2. The van der Waals surface area contributed by atoms with Crippen LogP contribution in [0.15, 0.2) is 43.0 Å². The highest BCUT2D eigenvalue weighted by molar-refractivity contribution is 5.27. The van der Waals surface area contributed by atoms with Crippen molar-refractivity contribution < 1.29 is 0 Å². The monoisotopic (exact) mass is 232 g/mol. The van der Waals surface area contributed by atoms with Crippen LogP contribution in [0.3, 0.4) is 0 Å². The van der Waals surface area contributed by atoms with Crippen molar-refractivity contribution in [1.29, 1.82) is 0 Å². The minimum atomic E-state index is -0.360. The smallest absolute Gasteiger partial charge is 0.0601 e. The minimum absolute atomic E-state index is 0.308. The number of nitrogens with two attached hydrogens (primary N) is 1. The van der Waals surface area contributed by atoms with Crippen LogP contribution in [0, 0.1) is 0 Å². The van der Waals surface area contributed by atoms with Gasteiger partial charge in [0.25, 0.3) is 0 Å². The maximum absolute atomic E-state index is 6.67. The Morgan fingerprint density at radius 3 is 2.35 bits per heavy atom. The third-order valence-corrected chi connectivity index (χ3v) is 3.40. The van der Waals surface area contributed by atoms with Crippen molar-refractivity contribution in [2.24, 2.45) is 5.73 Å². The van der Waals surface area contributed by atoms with E-state index in [1.54, 1.807) is 0 Å². The first-order valence-corrected chi connectivity index (χ1v) is 6.18. The second kappa shape index (κ2) is 5.99. The number of nitrogens with zero attached hydrogens (tertiary/aromatic N) is 1. The van der Waals surface area contributed by atoms with Gasteiger partial charge in [0.05, 0.1) is 5.54 Å². The highest BCUT2D eigenvalue weighted by Crippen LogP contribution is 2.30. The van der Waals surface area contributed by atoms with E-state index in [1.807, 2.05) is 24.3 Å². The first-order valence-electron chi connectivity index (χ1n) is 6.18. The van der Waals surface area contributed by atoms with Gasteiger partial charge in [-0.3, -0.25) is 0 Å². The molecule has 2 heteroatoms. The molecule has 1 aromatic rings. The van der Waals surface area contributed by atoms with Crippen LogP contribution in [0.25, 0.3) is 0 Å². The molecule has 0 saturated heterocycles. The van der Waals surface area contributed by atoms with Gasteiger partial charge in [0.2, 0.25) is 0 Å². The fourth-order valence-electron chi connectivity index (χ4n) is 2.62. The van der Waals surface area contributed by atoms with Crippen LogP contribution in [0.2, 0.25) is 0 Å². The van der Waals surface area contributed by atoms with Crippen molar-refractivity contribution in [2.75, 3.05) is 14.1 Å². The first kappa shape index (κ1) is 13.9. The Balaban J connectivity index is 3.16. The molecule has 0 amide bonds. The summed E-state index contributed by atoms with van der Waals surface area (Å²) in [6.45, 7) is 6.03. The van der Waals surface area contributed by atoms with Crippen molar-refractivity contribution in [3.63, 3.8) is 0 Å². The van der Waals surface area contributed by atoms with Gasteiger partial charge in [0.15, 0.2) is 0 Å². The lowest BCUT2D eigenvalue weighted by Gasteiger charge is -2.41. The Hall–Kier alpha value is -1.12. The highest BCUT2D eigenvalue weighted by Gasteiger charge is 2.35. The van der Waals surface area contributed by atoms with Crippen LogP contribution in [0.4, 0.5) is 0 Å². The fourth-order valence-corrected chi connectivity index (χ4v) is 2.62. The van der Waals surface area contributed by atoms with Gasteiger partial charge in [-0.2, -0.15) is 0 Å². The van der Waals surface area contributed by atoms with Crippen molar-refractivity contribution in [2.45, 2.75) is 31.3 Å². The van der Waals surface area contributed by atoms with Crippen molar-refractivity contribution in [3.05, 3.63) is 48.6 Å². The van der Waals surface area contributed by atoms with Crippen LogP contribution >= 0.6 is 0 Å². The zero-order chi connectivity index (χ0) is 12.9. The molecule has 17 heavy (non-hydrogen) atoms. The van der Waals surface area contributed by atoms with Gasteiger partial charge in [0, 0.05) is 6.04 Å². The van der Waals surface area contributed by atoms with E-state index in [2.05, 4.69) is 44.6 Å². The number of hydrogen-bond donors (Lipinski definition) is 1. The van der Waals surface area contributed by atoms with Gasteiger partial charge in [-0.25, -0.2) is 0 Å². The zero-order valence-corrected chi connectivity index (χ0v) is 11.2. The summed E-state index contributed by atoms with van der Waals surface area (Å²) in [5, 5.41) is 0. The summed E-state index contributed by atoms with van der Waals surface area (Å²) in [7, 11) is 4.17. The molecule has 0 bridgehead atoms. The van der Waals surface area contributed by atoms with E-state index in [4.69, 9.17) is 5.73 Å². The van der Waals surface area contributed by atoms with E-state index in [1.165, 1.54) is 5.56 Å². The summed E-state index contributed by atoms with van der Waals surface area (Å²) in [4.78, 5) is 2.20. The van der Waals surface area contributed by atoms with Crippen LogP contribution in [0.1, 0.15) is 25.3 Å². The number of likely N-dealkylation sites (N-methyl/N-ethyl adjacent to an activating group) is 1. The summed E-state index contributed by atoms with van der Waals surface area (Å²) >= 11 is 0. The lowest BCUT2D eigenvalue weighted by Crippen LogP contribution is -2.53. The average molecular weight is 232 g/mol. The molecule has 1 aromatic carbocycles. The Morgan fingerprint density at radius 2 is 1.94 bits per heavy atom. The molecule has 0 spiro atoms. The third-order valence-electron chi connectivity index (χ3n) is 3.40. The van der Waals surface area contributed by atoms with Crippen LogP contribution in [0.5, 0.6) is 0 Å². The van der Waals surface area contributed by atoms with E-state index in [0.29, 0.717) is 6.04 Å². The van der Waals surface area contributed by atoms with E-state index >= 15 is 0 Å². The largest absolute Gasteiger partial charge is 0.320 e. The normalized spacial score (nSPS) is 16.5. The second-order valence-corrected chi connectivity index (χ2v) is 4.79. The third kappa shape index (κ3) is 2.96. The maximum atomic E-state index is 6.67. The molecule has 0 aliphatic carbocycles. The first-order chi connectivity index (χ1) is 8.06. The molecular weight excluding hydrogens is 208 g/mol. The van der Waals surface area contributed by atoms with Crippen LogP contribution in [-0.2, 0) is 5.54 Å². The molecule has 1 rings (SSSR count). The summed E-state index contributed by atoms with van der Waals surface area (Å²) in [5.74, 6) is 0. The molecule has 2 N–H and O–H groups in total. The molecule has 0 saturated carbocycles.